The third-order valence-corrected chi connectivity index (χ3v) is 1.67. The van der Waals surface area contributed by atoms with Gasteiger partial charge in [0, 0.05) is 5.56 Å². The summed E-state index contributed by atoms with van der Waals surface area (Å²) in [4.78, 5) is 8.86. The van der Waals surface area contributed by atoms with E-state index < -0.39 is 39.4 Å². The summed E-state index contributed by atoms with van der Waals surface area (Å²) in [5, 5.41) is 18.9. The molecule has 1 aromatic rings. The van der Waals surface area contributed by atoms with Gasteiger partial charge in [0.15, 0.2) is 5.82 Å². The number of phenols is 1. The number of nitro benzene ring substituents is 1. The molecule has 0 saturated carbocycles. The highest BCUT2D eigenvalue weighted by molar-refractivity contribution is 5.50. The molecular weight excluding hydrogens is 203 g/mol. The van der Waals surface area contributed by atoms with Gasteiger partial charge >= 0.3 is 5.69 Å². The Labute approximate surface area is 75.7 Å². The van der Waals surface area contributed by atoms with Crippen molar-refractivity contribution in [2.75, 3.05) is 0 Å². The molecule has 0 aromatic heterocycles. The number of aromatic hydroxyl groups is 1. The van der Waals surface area contributed by atoms with E-state index >= 15 is 0 Å². The number of nitrogens with zero attached hydrogens (tertiary/aromatic N) is 1. The van der Waals surface area contributed by atoms with Gasteiger partial charge in [-0.25, -0.2) is 4.39 Å². The minimum absolute atomic E-state index is 0.834. The highest BCUT2D eigenvalue weighted by Gasteiger charge is 2.30. The number of halogens is 3. The van der Waals surface area contributed by atoms with Crippen LogP contribution in [0.25, 0.3) is 0 Å². The van der Waals surface area contributed by atoms with Crippen molar-refractivity contribution in [2.24, 2.45) is 0 Å². The van der Waals surface area contributed by atoms with Gasteiger partial charge in [0.1, 0.15) is 0 Å². The topological polar surface area (TPSA) is 63.4 Å². The van der Waals surface area contributed by atoms with Crippen molar-refractivity contribution in [3.8, 4) is 5.75 Å². The fourth-order valence-corrected chi connectivity index (χ4v) is 0.917. The first-order valence-corrected chi connectivity index (χ1v) is 3.38. The van der Waals surface area contributed by atoms with Crippen molar-refractivity contribution < 1.29 is 23.2 Å². The Bertz CT molecular complexity index is 390. The summed E-state index contributed by atoms with van der Waals surface area (Å²) < 4.78 is 38.3. The van der Waals surface area contributed by atoms with Crippen molar-refractivity contribution in [2.45, 2.75) is 6.92 Å². The SMILES string of the molecule is Cc1c(F)c(F)c(O)c([N+](=O)[O-])c1F. The maximum atomic E-state index is 12.9. The number of rotatable bonds is 1. The quantitative estimate of drug-likeness (QED) is 0.435. The van der Waals surface area contributed by atoms with Gasteiger partial charge in [-0.1, -0.05) is 0 Å². The first-order valence-electron chi connectivity index (χ1n) is 3.38. The molecule has 1 aromatic carbocycles. The number of benzene rings is 1. The summed E-state index contributed by atoms with van der Waals surface area (Å²) in [7, 11) is 0. The number of nitro groups is 1. The maximum Gasteiger partial charge on any atom is 0.349 e. The van der Waals surface area contributed by atoms with Gasteiger partial charge in [-0.2, -0.15) is 8.78 Å². The lowest BCUT2D eigenvalue weighted by molar-refractivity contribution is -0.388. The van der Waals surface area contributed by atoms with Crippen molar-refractivity contribution in [1.82, 2.24) is 0 Å². The van der Waals surface area contributed by atoms with Gasteiger partial charge in [-0.3, -0.25) is 10.1 Å². The summed E-state index contributed by atoms with van der Waals surface area (Å²) in [6.07, 6.45) is 0. The Balaban J connectivity index is 3.68. The van der Waals surface area contributed by atoms with E-state index in [-0.39, 0.29) is 0 Å². The van der Waals surface area contributed by atoms with Gasteiger partial charge in [0.25, 0.3) is 0 Å². The van der Waals surface area contributed by atoms with Crippen LogP contribution in [0, 0.1) is 34.5 Å². The van der Waals surface area contributed by atoms with E-state index in [9.17, 15) is 23.3 Å². The minimum Gasteiger partial charge on any atom is -0.500 e. The fraction of sp³-hybridized carbons (Fsp3) is 0.143. The molecule has 0 aliphatic carbocycles. The maximum absolute atomic E-state index is 12.9. The second-order valence-corrected chi connectivity index (χ2v) is 2.52. The van der Waals surface area contributed by atoms with Crippen molar-refractivity contribution in [1.29, 1.82) is 0 Å². The zero-order valence-electron chi connectivity index (χ0n) is 6.84. The van der Waals surface area contributed by atoms with Gasteiger partial charge in [0.2, 0.25) is 17.4 Å². The van der Waals surface area contributed by atoms with Gasteiger partial charge < -0.3 is 5.11 Å². The molecule has 0 amide bonds. The van der Waals surface area contributed by atoms with E-state index in [0.717, 1.165) is 6.92 Å². The largest absolute Gasteiger partial charge is 0.500 e. The molecule has 0 heterocycles. The van der Waals surface area contributed by atoms with Crippen LogP contribution >= 0.6 is 0 Å². The van der Waals surface area contributed by atoms with Crippen molar-refractivity contribution >= 4 is 5.69 Å². The van der Waals surface area contributed by atoms with Crippen LogP contribution in [0.5, 0.6) is 5.75 Å². The number of hydrogen-bond donors (Lipinski definition) is 1. The Kier molecular flexibility index (Phi) is 2.33. The summed E-state index contributed by atoms with van der Waals surface area (Å²) in [6.45, 7) is 0.834. The average molecular weight is 207 g/mol. The molecule has 0 saturated heterocycles. The fourth-order valence-electron chi connectivity index (χ4n) is 0.917. The van der Waals surface area contributed by atoms with Crippen LogP contribution in [0.15, 0.2) is 0 Å². The predicted molar refractivity (Wildman–Crippen MR) is 39.4 cm³/mol. The van der Waals surface area contributed by atoms with Crippen molar-refractivity contribution in [3.63, 3.8) is 0 Å². The average Bonchev–Trinajstić information content (AvgIpc) is 2.11. The number of hydrogen-bond acceptors (Lipinski definition) is 3. The minimum atomic E-state index is -1.82. The van der Waals surface area contributed by atoms with Gasteiger partial charge in [0.05, 0.1) is 4.92 Å². The molecule has 7 heteroatoms. The predicted octanol–water partition coefficient (Wildman–Crippen LogP) is 2.03. The molecular formula is C7H4F3NO3. The molecule has 76 valence electrons. The molecule has 0 aliphatic heterocycles. The van der Waals surface area contributed by atoms with E-state index in [0.29, 0.717) is 0 Å². The highest BCUT2D eigenvalue weighted by atomic mass is 19.2. The second kappa shape index (κ2) is 3.17. The zero-order chi connectivity index (χ0) is 11.0. The molecule has 4 nitrogen and oxygen atoms in total. The summed E-state index contributed by atoms with van der Waals surface area (Å²) in [5.74, 6) is -6.66. The third kappa shape index (κ3) is 1.26. The smallest absolute Gasteiger partial charge is 0.349 e. The van der Waals surface area contributed by atoms with Gasteiger partial charge in [-0.05, 0) is 6.92 Å². The summed E-state index contributed by atoms with van der Waals surface area (Å²) >= 11 is 0. The zero-order valence-corrected chi connectivity index (χ0v) is 6.84. The Morgan fingerprint density at radius 3 is 2.14 bits per heavy atom. The highest BCUT2D eigenvalue weighted by Crippen LogP contribution is 2.35. The normalized spacial score (nSPS) is 10.3. The molecule has 1 N–H and O–H groups in total. The molecule has 0 bridgehead atoms. The van der Waals surface area contributed by atoms with E-state index in [1.165, 1.54) is 0 Å². The lowest BCUT2D eigenvalue weighted by Crippen LogP contribution is -2.01. The molecule has 0 spiro atoms. The van der Waals surface area contributed by atoms with Crippen LogP contribution < -0.4 is 0 Å². The van der Waals surface area contributed by atoms with E-state index in [2.05, 4.69) is 0 Å². The molecule has 0 unspecified atom stereocenters. The van der Waals surface area contributed by atoms with E-state index in [1.54, 1.807) is 0 Å². The Hall–Kier alpha value is -1.79. The van der Waals surface area contributed by atoms with Crippen LogP contribution in [0.4, 0.5) is 18.9 Å². The molecule has 0 radical (unpaired) electrons. The summed E-state index contributed by atoms with van der Waals surface area (Å²) in [5.41, 5.74) is -2.30. The van der Waals surface area contributed by atoms with E-state index in [1.807, 2.05) is 0 Å². The molecule has 0 aliphatic rings. The van der Waals surface area contributed by atoms with Crippen LogP contribution in [-0.4, -0.2) is 10.0 Å². The monoisotopic (exact) mass is 207 g/mol. The molecule has 1 rings (SSSR count). The molecule has 0 fully saturated rings. The first-order chi connectivity index (χ1) is 6.37. The lowest BCUT2D eigenvalue weighted by Gasteiger charge is -2.03. The van der Waals surface area contributed by atoms with Crippen molar-refractivity contribution in [3.05, 3.63) is 33.1 Å². The van der Waals surface area contributed by atoms with Crippen LogP contribution in [-0.2, 0) is 0 Å². The first kappa shape index (κ1) is 10.3. The standard InChI is InChI=1S/C7H4F3NO3/c1-2-3(8)5(10)7(12)6(4(2)9)11(13)14/h12H,1H3. The Morgan fingerprint density at radius 1 is 1.21 bits per heavy atom. The lowest BCUT2D eigenvalue weighted by atomic mass is 10.1. The second-order valence-electron chi connectivity index (χ2n) is 2.52. The molecule has 14 heavy (non-hydrogen) atoms. The van der Waals surface area contributed by atoms with Crippen LogP contribution in [0.1, 0.15) is 5.56 Å². The summed E-state index contributed by atoms with van der Waals surface area (Å²) in [6, 6.07) is 0. The number of phenolic OH excluding ortho intramolecular Hbond substituents is 1. The van der Waals surface area contributed by atoms with E-state index in [4.69, 9.17) is 5.11 Å². The van der Waals surface area contributed by atoms with Crippen LogP contribution in [0.2, 0.25) is 0 Å². The Morgan fingerprint density at radius 2 is 1.71 bits per heavy atom. The van der Waals surface area contributed by atoms with Crippen LogP contribution in [0.3, 0.4) is 0 Å². The van der Waals surface area contributed by atoms with Gasteiger partial charge in [-0.15, -0.1) is 0 Å². The third-order valence-electron chi connectivity index (χ3n) is 1.67. The molecule has 0 atom stereocenters.